The van der Waals surface area contributed by atoms with Crippen LogP contribution in [-0.4, -0.2) is 37.2 Å². The molecule has 0 rings (SSSR count). The van der Waals surface area contributed by atoms with Crippen molar-refractivity contribution in [1.82, 2.24) is 0 Å². The molecular formula is C59H92O6. The summed E-state index contributed by atoms with van der Waals surface area (Å²) in [7, 11) is 0. The minimum Gasteiger partial charge on any atom is -0.462 e. The molecule has 0 aliphatic carbocycles. The highest BCUT2D eigenvalue weighted by atomic mass is 16.6. The molecule has 1 unspecified atom stereocenters. The van der Waals surface area contributed by atoms with Gasteiger partial charge in [-0.05, 0) is 122 Å². The minimum atomic E-state index is -0.824. The van der Waals surface area contributed by atoms with Gasteiger partial charge in [0.1, 0.15) is 13.2 Å². The monoisotopic (exact) mass is 897 g/mol. The van der Waals surface area contributed by atoms with Crippen LogP contribution in [0.3, 0.4) is 0 Å². The summed E-state index contributed by atoms with van der Waals surface area (Å²) < 4.78 is 16.7. The Morgan fingerprint density at radius 3 is 1.00 bits per heavy atom. The van der Waals surface area contributed by atoms with Crippen molar-refractivity contribution in [2.45, 2.75) is 207 Å². The molecule has 65 heavy (non-hydrogen) atoms. The zero-order valence-corrected chi connectivity index (χ0v) is 41.4. The van der Waals surface area contributed by atoms with Crippen LogP contribution in [0.15, 0.2) is 134 Å². The van der Waals surface area contributed by atoms with Crippen LogP contribution >= 0.6 is 0 Å². The van der Waals surface area contributed by atoms with E-state index >= 15 is 0 Å². The molecule has 0 aromatic heterocycles. The molecule has 0 bridgehead atoms. The molecule has 0 aromatic rings. The van der Waals surface area contributed by atoms with Gasteiger partial charge >= 0.3 is 17.9 Å². The summed E-state index contributed by atoms with van der Waals surface area (Å²) in [5.74, 6) is -1.03. The number of esters is 3. The standard InChI is InChI=1S/C59H92O6/c1-4-7-10-13-16-19-22-25-27-29-31-34-37-40-43-46-49-52-58(61)64-55-56(54-63-57(60)51-48-45-42-39-36-33-24-21-18-15-12-9-6-3)65-59(62)53-50-47-44-41-38-35-32-30-28-26-23-20-17-14-11-8-5-2/h7-8,10-12,15-17,19-21,24-28,31-32,34-35,40,43,56H,4-6,9,13-14,18,22-23,29-30,33,36-39,41-42,44-55H2,1-3H3/b10-7-,11-8-,15-12-,19-16-,20-17-,24-21-,27-25-,28-26-,34-31-,35-32-,43-40-. The van der Waals surface area contributed by atoms with Gasteiger partial charge in [-0.3, -0.25) is 14.4 Å². The average Bonchev–Trinajstić information content (AvgIpc) is 3.30. The number of carbonyl (C=O) groups excluding carboxylic acids is 3. The van der Waals surface area contributed by atoms with Gasteiger partial charge in [-0.1, -0.05) is 193 Å². The van der Waals surface area contributed by atoms with E-state index < -0.39 is 6.10 Å². The summed E-state index contributed by atoms with van der Waals surface area (Å²) in [6, 6.07) is 0. The first-order valence-electron chi connectivity index (χ1n) is 25.7. The van der Waals surface area contributed by atoms with Crippen molar-refractivity contribution in [3.05, 3.63) is 134 Å². The maximum Gasteiger partial charge on any atom is 0.306 e. The number of carbonyl (C=O) groups is 3. The summed E-state index contributed by atoms with van der Waals surface area (Å²) in [6.07, 6.45) is 72.9. The molecule has 0 saturated carbocycles. The van der Waals surface area contributed by atoms with Crippen molar-refractivity contribution in [2.75, 3.05) is 13.2 Å². The van der Waals surface area contributed by atoms with Crippen LogP contribution in [-0.2, 0) is 28.6 Å². The van der Waals surface area contributed by atoms with Crippen LogP contribution in [0, 0.1) is 0 Å². The van der Waals surface area contributed by atoms with Gasteiger partial charge in [0.2, 0.25) is 0 Å². The maximum absolute atomic E-state index is 12.8. The molecule has 0 N–H and O–H groups in total. The van der Waals surface area contributed by atoms with Gasteiger partial charge < -0.3 is 14.2 Å². The van der Waals surface area contributed by atoms with Crippen molar-refractivity contribution in [2.24, 2.45) is 0 Å². The molecule has 0 heterocycles. The Labute approximate surface area is 398 Å². The first kappa shape index (κ1) is 60.5. The van der Waals surface area contributed by atoms with E-state index in [1.54, 1.807) is 0 Å². The smallest absolute Gasteiger partial charge is 0.306 e. The number of hydrogen-bond donors (Lipinski definition) is 0. The SMILES string of the molecule is CC/C=C\C/C=C\C/C=C\C/C=C\C/C=C\CCCC(=O)OCC(COC(=O)CCCCCCC/C=C\C/C=C\CCC)OC(=O)CCCCCC/C=C\C/C=C\C/C=C\C/C=C\CC. The second-order valence-corrected chi connectivity index (χ2v) is 16.3. The minimum absolute atomic E-state index is 0.118. The van der Waals surface area contributed by atoms with Gasteiger partial charge in [0.05, 0.1) is 0 Å². The van der Waals surface area contributed by atoms with E-state index in [1.807, 2.05) is 0 Å². The predicted molar refractivity (Wildman–Crippen MR) is 279 cm³/mol. The van der Waals surface area contributed by atoms with E-state index in [2.05, 4.69) is 154 Å². The fourth-order valence-corrected chi connectivity index (χ4v) is 6.33. The summed E-state index contributed by atoms with van der Waals surface area (Å²) >= 11 is 0. The van der Waals surface area contributed by atoms with E-state index in [0.717, 1.165) is 148 Å². The number of ether oxygens (including phenoxy) is 3. The summed E-state index contributed by atoms with van der Waals surface area (Å²) in [5, 5.41) is 0. The Morgan fingerprint density at radius 1 is 0.323 bits per heavy atom. The third-order valence-corrected chi connectivity index (χ3v) is 10.1. The first-order chi connectivity index (χ1) is 32.0. The van der Waals surface area contributed by atoms with Gasteiger partial charge in [0.25, 0.3) is 0 Å². The van der Waals surface area contributed by atoms with E-state index in [0.29, 0.717) is 12.8 Å². The molecule has 0 fully saturated rings. The Morgan fingerprint density at radius 2 is 0.615 bits per heavy atom. The molecule has 6 heteroatoms. The van der Waals surface area contributed by atoms with E-state index in [9.17, 15) is 14.4 Å². The lowest BCUT2D eigenvalue weighted by Gasteiger charge is -2.18. The third kappa shape index (κ3) is 50.4. The van der Waals surface area contributed by atoms with Crippen molar-refractivity contribution < 1.29 is 28.6 Å². The summed E-state index contributed by atoms with van der Waals surface area (Å²) in [6.45, 7) is 6.24. The largest absolute Gasteiger partial charge is 0.462 e. The van der Waals surface area contributed by atoms with Gasteiger partial charge in [0, 0.05) is 19.3 Å². The third-order valence-electron chi connectivity index (χ3n) is 10.1. The molecule has 0 aromatic carbocycles. The molecule has 0 aliphatic heterocycles. The van der Waals surface area contributed by atoms with Crippen LogP contribution < -0.4 is 0 Å². The van der Waals surface area contributed by atoms with E-state index in [1.165, 1.54) is 6.42 Å². The van der Waals surface area contributed by atoms with E-state index in [-0.39, 0.29) is 44.0 Å². The fourth-order valence-electron chi connectivity index (χ4n) is 6.33. The highest BCUT2D eigenvalue weighted by Gasteiger charge is 2.19. The lowest BCUT2D eigenvalue weighted by molar-refractivity contribution is -0.167. The summed E-state index contributed by atoms with van der Waals surface area (Å²) in [4.78, 5) is 38.0. The summed E-state index contributed by atoms with van der Waals surface area (Å²) in [5.41, 5.74) is 0. The molecule has 1 atom stereocenters. The fraction of sp³-hybridized carbons (Fsp3) is 0.576. The lowest BCUT2D eigenvalue weighted by atomic mass is 10.1. The number of unbranched alkanes of at least 4 members (excludes halogenated alkanes) is 11. The Bertz CT molecular complexity index is 1450. The van der Waals surface area contributed by atoms with E-state index in [4.69, 9.17) is 14.2 Å². The van der Waals surface area contributed by atoms with Crippen molar-refractivity contribution in [3.63, 3.8) is 0 Å². The molecule has 0 aliphatic rings. The predicted octanol–water partition coefficient (Wildman–Crippen LogP) is 17.1. The van der Waals surface area contributed by atoms with Crippen molar-refractivity contribution in [3.8, 4) is 0 Å². The van der Waals surface area contributed by atoms with Gasteiger partial charge in [-0.2, -0.15) is 0 Å². The highest BCUT2D eigenvalue weighted by molar-refractivity contribution is 5.71. The topological polar surface area (TPSA) is 78.9 Å². The Kier molecular flexibility index (Phi) is 48.6. The number of allylic oxidation sites excluding steroid dienone is 22. The molecule has 364 valence electrons. The molecule has 0 spiro atoms. The molecular weight excluding hydrogens is 805 g/mol. The van der Waals surface area contributed by atoms with Crippen LogP contribution in [0.5, 0.6) is 0 Å². The second kappa shape index (κ2) is 52.2. The highest BCUT2D eigenvalue weighted by Crippen LogP contribution is 2.12. The lowest BCUT2D eigenvalue weighted by Crippen LogP contribution is -2.30. The van der Waals surface area contributed by atoms with Gasteiger partial charge in [0.15, 0.2) is 6.10 Å². The zero-order chi connectivity index (χ0) is 47.2. The van der Waals surface area contributed by atoms with Crippen LogP contribution in [0.4, 0.5) is 0 Å². The van der Waals surface area contributed by atoms with Crippen LogP contribution in [0.1, 0.15) is 201 Å². The van der Waals surface area contributed by atoms with Crippen molar-refractivity contribution >= 4 is 17.9 Å². The average molecular weight is 897 g/mol. The number of rotatable bonds is 44. The Hall–Kier alpha value is -4.45. The quantitative estimate of drug-likeness (QED) is 0.0262. The van der Waals surface area contributed by atoms with Crippen LogP contribution in [0.25, 0.3) is 0 Å². The second-order valence-electron chi connectivity index (χ2n) is 16.3. The molecule has 0 radical (unpaired) electrons. The Balaban J connectivity index is 4.57. The van der Waals surface area contributed by atoms with Gasteiger partial charge in [-0.15, -0.1) is 0 Å². The van der Waals surface area contributed by atoms with Crippen LogP contribution in [0.2, 0.25) is 0 Å². The maximum atomic E-state index is 12.8. The van der Waals surface area contributed by atoms with Gasteiger partial charge in [-0.25, -0.2) is 0 Å². The normalized spacial score (nSPS) is 13.2. The zero-order valence-electron chi connectivity index (χ0n) is 41.4. The molecule has 0 saturated heterocycles. The molecule has 0 amide bonds. The first-order valence-corrected chi connectivity index (χ1v) is 25.7. The number of hydrogen-bond acceptors (Lipinski definition) is 6. The molecule has 6 nitrogen and oxygen atoms in total. The van der Waals surface area contributed by atoms with Crippen molar-refractivity contribution in [1.29, 1.82) is 0 Å².